The van der Waals surface area contributed by atoms with Gasteiger partial charge in [0.25, 0.3) is 5.91 Å². The summed E-state index contributed by atoms with van der Waals surface area (Å²) >= 11 is 0. The van der Waals surface area contributed by atoms with Crippen LogP contribution in [0.25, 0.3) is 0 Å². The van der Waals surface area contributed by atoms with Crippen LogP contribution in [-0.4, -0.2) is 54.0 Å². The lowest BCUT2D eigenvalue weighted by Gasteiger charge is -2.39. The maximum atomic E-state index is 12.5. The highest BCUT2D eigenvalue weighted by molar-refractivity contribution is 5.96. The molecule has 4 atom stereocenters. The summed E-state index contributed by atoms with van der Waals surface area (Å²) in [6.45, 7) is 4.23. The first-order valence-corrected chi connectivity index (χ1v) is 11.4. The molecule has 1 aliphatic heterocycles. The SMILES string of the molecule is C[C@H]1[C@H](N2C[C@H](C(=O)OCC(=O)NC(=O)NC3CCCCC3)CC2=O)CCC[C@@H]1C. The van der Waals surface area contributed by atoms with Crippen LogP contribution in [0.15, 0.2) is 0 Å². The van der Waals surface area contributed by atoms with Gasteiger partial charge < -0.3 is 15.0 Å². The predicted molar refractivity (Wildman–Crippen MR) is 110 cm³/mol. The Morgan fingerprint density at radius 3 is 2.50 bits per heavy atom. The van der Waals surface area contributed by atoms with Gasteiger partial charge in [0.2, 0.25) is 5.91 Å². The monoisotopic (exact) mass is 421 g/mol. The second-order valence-electron chi connectivity index (χ2n) is 9.25. The van der Waals surface area contributed by atoms with E-state index in [0.29, 0.717) is 18.4 Å². The molecule has 0 aromatic carbocycles. The fourth-order valence-corrected chi connectivity index (χ4v) is 5.09. The average Bonchev–Trinajstić information content (AvgIpc) is 3.10. The van der Waals surface area contributed by atoms with Crippen LogP contribution in [0.5, 0.6) is 0 Å². The highest BCUT2D eigenvalue weighted by atomic mass is 16.5. The van der Waals surface area contributed by atoms with Crippen LogP contribution >= 0.6 is 0 Å². The summed E-state index contributed by atoms with van der Waals surface area (Å²) in [6.07, 6.45) is 8.53. The second kappa shape index (κ2) is 10.3. The fourth-order valence-electron chi connectivity index (χ4n) is 5.09. The van der Waals surface area contributed by atoms with Gasteiger partial charge in [0.15, 0.2) is 6.61 Å². The number of likely N-dealkylation sites (tertiary alicyclic amines) is 1. The zero-order valence-corrected chi connectivity index (χ0v) is 18.2. The van der Waals surface area contributed by atoms with E-state index in [9.17, 15) is 19.2 Å². The van der Waals surface area contributed by atoms with Gasteiger partial charge in [-0.1, -0.05) is 46.0 Å². The van der Waals surface area contributed by atoms with Crippen LogP contribution in [0.3, 0.4) is 0 Å². The third kappa shape index (κ3) is 5.73. The van der Waals surface area contributed by atoms with Gasteiger partial charge in [-0.2, -0.15) is 0 Å². The number of ether oxygens (including phenoxy) is 1. The molecule has 2 N–H and O–H groups in total. The van der Waals surface area contributed by atoms with Crippen molar-refractivity contribution in [1.29, 1.82) is 0 Å². The lowest BCUT2D eigenvalue weighted by molar-refractivity contribution is -0.152. The minimum Gasteiger partial charge on any atom is -0.455 e. The summed E-state index contributed by atoms with van der Waals surface area (Å²) in [5.41, 5.74) is 0. The summed E-state index contributed by atoms with van der Waals surface area (Å²) in [5.74, 6) is -0.806. The lowest BCUT2D eigenvalue weighted by Crippen LogP contribution is -2.46. The molecular weight excluding hydrogens is 386 g/mol. The van der Waals surface area contributed by atoms with Gasteiger partial charge in [0, 0.05) is 25.0 Å². The summed E-state index contributed by atoms with van der Waals surface area (Å²) < 4.78 is 5.10. The van der Waals surface area contributed by atoms with Crippen molar-refractivity contribution in [1.82, 2.24) is 15.5 Å². The van der Waals surface area contributed by atoms with Crippen molar-refractivity contribution >= 4 is 23.8 Å². The van der Waals surface area contributed by atoms with Crippen molar-refractivity contribution in [3.05, 3.63) is 0 Å². The summed E-state index contributed by atoms with van der Waals surface area (Å²) in [4.78, 5) is 50.6. The molecule has 0 bridgehead atoms. The minimum atomic E-state index is -0.660. The zero-order chi connectivity index (χ0) is 21.7. The van der Waals surface area contributed by atoms with Crippen LogP contribution in [0.2, 0.25) is 0 Å². The van der Waals surface area contributed by atoms with E-state index in [4.69, 9.17) is 4.74 Å². The number of amides is 4. The summed E-state index contributed by atoms with van der Waals surface area (Å²) in [7, 11) is 0. The van der Waals surface area contributed by atoms with Crippen LogP contribution in [0, 0.1) is 17.8 Å². The molecular formula is C22H35N3O5. The fraction of sp³-hybridized carbons (Fsp3) is 0.818. The number of hydrogen-bond donors (Lipinski definition) is 2. The normalized spacial score (nSPS) is 30.1. The number of nitrogens with zero attached hydrogens (tertiary/aromatic N) is 1. The first-order chi connectivity index (χ1) is 14.3. The number of rotatable bonds is 5. The average molecular weight is 422 g/mol. The molecule has 3 rings (SSSR count). The molecule has 3 aliphatic rings. The Bertz CT molecular complexity index is 661. The first kappa shape index (κ1) is 22.6. The molecule has 8 nitrogen and oxygen atoms in total. The number of urea groups is 1. The smallest absolute Gasteiger partial charge is 0.321 e. The van der Waals surface area contributed by atoms with Crippen molar-refractivity contribution in [3.8, 4) is 0 Å². The maximum Gasteiger partial charge on any atom is 0.321 e. The van der Waals surface area contributed by atoms with Crippen molar-refractivity contribution in [3.63, 3.8) is 0 Å². The van der Waals surface area contributed by atoms with Crippen LogP contribution in [0.4, 0.5) is 4.79 Å². The number of esters is 1. The number of hydrogen-bond acceptors (Lipinski definition) is 5. The Morgan fingerprint density at radius 2 is 1.77 bits per heavy atom. The van der Waals surface area contributed by atoms with Crippen molar-refractivity contribution in [2.45, 2.75) is 83.7 Å². The van der Waals surface area contributed by atoms with E-state index in [2.05, 4.69) is 24.5 Å². The standard InChI is InChI=1S/C22H35N3O5/c1-14-7-6-10-18(15(14)2)25-12-16(11-20(25)27)21(28)30-13-19(26)24-22(29)23-17-8-4-3-5-9-17/h14-18H,3-13H2,1-2H3,(H2,23,24,26,29)/t14-,15+,16+,18+/m0/s1. The molecule has 0 aromatic rings. The van der Waals surface area contributed by atoms with Crippen molar-refractivity contribution in [2.75, 3.05) is 13.2 Å². The Morgan fingerprint density at radius 1 is 1.03 bits per heavy atom. The molecule has 3 fully saturated rings. The zero-order valence-electron chi connectivity index (χ0n) is 18.2. The third-order valence-corrected chi connectivity index (χ3v) is 7.09. The molecule has 168 valence electrons. The Labute approximate surface area is 178 Å². The Kier molecular flexibility index (Phi) is 7.72. The van der Waals surface area contributed by atoms with Gasteiger partial charge in [-0.05, 0) is 31.1 Å². The van der Waals surface area contributed by atoms with E-state index in [1.165, 1.54) is 12.8 Å². The van der Waals surface area contributed by atoms with Crippen LogP contribution < -0.4 is 10.6 Å². The Balaban J connectivity index is 1.40. The molecule has 0 aromatic heterocycles. The summed E-state index contributed by atoms with van der Waals surface area (Å²) in [6, 6.07) is -0.286. The van der Waals surface area contributed by atoms with Gasteiger partial charge in [0.05, 0.1) is 5.92 Å². The van der Waals surface area contributed by atoms with Crippen LogP contribution in [-0.2, 0) is 19.1 Å². The topological polar surface area (TPSA) is 105 Å². The molecule has 2 aliphatic carbocycles. The molecule has 30 heavy (non-hydrogen) atoms. The van der Waals surface area contributed by atoms with E-state index in [0.717, 1.165) is 38.5 Å². The molecule has 4 amide bonds. The van der Waals surface area contributed by atoms with Crippen molar-refractivity contribution in [2.24, 2.45) is 17.8 Å². The molecule has 8 heteroatoms. The van der Waals surface area contributed by atoms with E-state index >= 15 is 0 Å². The van der Waals surface area contributed by atoms with Gasteiger partial charge in [-0.15, -0.1) is 0 Å². The minimum absolute atomic E-state index is 0.0146. The molecule has 0 spiro atoms. The third-order valence-electron chi connectivity index (χ3n) is 7.09. The van der Waals surface area contributed by atoms with E-state index in [1.807, 2.05) is 4.90 Å². The number of imide groups is 1. The van der Waals surface area contributed by atoms with E-state index in [-0.39, 0.29) is 24.4 Å². The first-order valence-electron chi connectivity index (χ1n) is 11.4. The Hall–Kier alpha value is -2.12. The number of carbonyl (C=O) groups is 4. The maximum absolute atomic E-state index is 12.5. The van der Waals surface area contributed by atoms with Gasteiger partial charge in [-0.25, -0.2) is 4.79 Å². The lowest BCUT2D eigenvalue weighted by atomic mass is 9.77. The number of nitrogens with one attached hydrogen (secondary N) is 2. The van der Waals surface area contributed by atoms with Gasteiger partial charge in [0.1, 0.15) is 0 Å². The number of carbonyl (C=O) groups excluding carboxylic acids is 4. The van der Waals surface area contributed by atoms with Gasteiger partial charge in [-0.3, -0.25) is 19.7 Å². The van der Waals surface area contributed by atoms with E-state index in [1.54, 1.807) is 0 Å². The molecule has 0 unspecified atom stereocenters. The largest absolute Gasteiger partial charge is 0.455 e. The van der Waals surface area contributed by atoms with Crippen LogP contribution in [0.1, 0.15) is 71.6 Å². The molecule has 1 heterocycles. The predicted octanol–water partition coefficient (Wildman–Crippen LogP) is 2.36. The second-order valence-corrected chi connectivity index (χ2v) is 9.25. The molecule has 1 saturated heterocycles. The molecule has 2 saturated carbocycles. The quantitative estimate of drug-likeness (QED) is 0.663. The highest BCUT2D eigenvalue weighted by Crippen LogP contribution is 2.35. The van der Waals surface area contributed by atoms with Gasteiger partial charge >= 0.3 is 12.0 Å². The van der Waals surface area contributed by atoms with E-state index < -0.39 is 30.4 Å². The highest BCUT2D eigenvalue weighted by Gasteiger charge is 2.42. The van der Waals surface area contributed by atoms with Crippen molar-refractivity contribution < 1.29 is 23.9 Å². The molecule has 0 radical (unpaired) electrons. The summed E-state index contributed by atoms with van der Waals surface area (Å²) in [5, 5.41) is 4.99.